The summed E-state index contributed by atoms with van der Waals surface area (Å²) in [5, 5.41) is 1.78. The molecule has 0 aliphatic rings. The Balaban J connectivity index is 2.05. The lowest BCUT2D eigenvalue weighted by Gasteiger charge is -2.16. The highest BCUT2D eigenvalue weighted by Gasteiger charge is 2.17. The number of halogens is 2. The van der Waals surface area contributed by atoms with Gasteiger partial charge in [0.2, 0.25) is 0 Å². The molecular weight excluding hydrogens is 361 g/mol. The third kappa shape index (κ3) is 3.78. The first-order valence-corrected chi connectivity index (χ1v) is 8.37. The van der Waals surface area contributed by atoms with Crippen LogP contribution in [0.5, 0.6) is 0 Å². The second-order valence-electron chi connectivity index (χ2n) is 5.16. The molecule has 0 saturated heterocycles. The van der Waals surface area contributed by atoms with E-state index in [1.165, 1.54) is 6.20 Å². The first kappa shape index (κ1) is 17.3. The molecule has 0 aliphatic carbocycles. The number of para-hydroxylation sites is 1. The number of hydrazine groups is 1. The van der Waals surface area contributed by atoms with E-state index in [-0.39, 0.29) is 6.61 Å². The predicted molar refractivity (Wildman–Crippen MR) is 101 cm³/mol. The van der Waals surface area contributed by atoms with E-state index < -0.39 is 5.97 Å². The van der Waals surface area contributed by atoms with Crippen LogP contribution >= 0.6 is 23.2 Å². The number of nitrogens with zero attached hydrogens (tertiary/aromatic N) is 1. The third-order valence-corrected chi connectivity index (χ3v) is 4.09. The minimum Gasteiger partial charge on any atom is -0.462 e. The number of hydrogen-bond donors (Lipinski definition) is 2. The van der Waals surface area contributed by atoms with Gasteiger partial charge in [-0.2, -0.15) is 0 Å². The van der Waals surface area contributed by atoms with Crippen LogP contribution in [-0.4, -0.2) is 17.6 Å². The van der Waals surface area contributed by atoms with Crippen LogP contribution < -0.4 is 10.9 Å². The van der Waals surface area contributed by atoms with Crippen molar-refractivity contribution in [3.05, 3.63) is 64.3 Å². The van der Waals surface area contributed by atoms with Crippen molar-refractivity contribution in [2.45, 2.75) is 6.92 Å². The SMILES string of the molecule is CCOC(=O)c1cnc2ccc(Cl)cc2c1NNc1ccccc1Cl. The first-order chi connectivity index (χ1) is 12.1. The van der Waals surface area contributed by atoms with Gasteiger partial charge in [0, 0.05) is 16.6 Å². The Labute approximate surface area is 154 Å². The zero-order valence-electron chi connectivity index (χ0n) is 13.3. The molecule has 0 fully saturated rings. The lowest BCUT2D eigenvalue weighted by atomic mass is 10.1. The summed E-state index contributed by atoms with van der Waals surface area (Å²) in [5.41, 5.74) is 8.25. The van der Waals surface area contributed by atoms with Gasteiger partial charge >= 0.3 is 5.97 Å². The maximum Gasteiger partial charge on any atom is 0.341 e. The van der Waals surface area contributed by atoms with Crippen LogP contribution in [0.25, 0.3) is 10.9 Å². The van der Waals surface area contributed by atoms with E-state index in [4.69, 9.17) is 27.9 Å². The minimum atomic E-state index is -0.472. The zero-order valence-corrected chi connectivity index (χ0v) is 14.9. The second-order valence-corrected chi connectivity index (χ2v) is 6.00. The van der Waals surface area contributed by atoms with E-state index in [0.29, 0.717) is 37.9 Å². The Bertz CT molecular complexity index is 931. The average molecular weight is 376 g/mol. The molecule has 2 aromatic carbocycles. The molecule has 0 aliphatic heterocycles. The fourth-order valence-electron chi connectivity index (χ4n) is 2.36. The number of fused-ring (bicyclic) bond motifs is 1. The molecule has 25 heavy (non-hydrogen) atoms. The van der Waals surface area contributed by atoms with Crippen molar-refractivity contribution in [3.63, 3.8) is 0 Å². The van der Waals surface area contributed by atoms with Gasteiger partial charge in [-0.25, -0.2) is 4.79 Å². The Morgan fingerprint density at radius 2 is 1.96 bits per heavy atom. The van der Waals surface area contributed by atoms with Gasteiger partial charge in [-0.05, 0) is 37.3 Å². The number of anilines is 2. The highest BCUT2D eigenvalue weighted by atomic mass is 35.5. The maximum atomic E-state index is 12.3. The summed E-state index contributed by atoms with van der Waals surface area (Å²) in [6.07, 6.45) is 1.48. The molecule has 0 atom stereocenters. The number of carbonyl (C=O) groups excluding carboxylic acids is 1. The number of carbonyl (C=O) groups is 1. The van der Waals surface area contributed by atoms with E-state index in [9.17, 15) is 4.79 Å². The van der Waals surface area contributed by atoms with Gasteiger partial charge in [0.1, 0.15) is 5.56 Å². The van der Waals surface area contributed by atoms with E-state index in [1.54, 1.807) is 31.2 Å². The van der Waals surface area contributed by atoms with Gasteiger partial charge in [0.25, 0.3) is 0 Å². The van der Waals surface area contributed by atoms with Gasteiger partial charge in [-0.15, -0.1) is 0 Å². The molecule has 2 N–H and O–H groups in total. The lowest BCUT2D eigenvalue weighted by Crippen LogP contribution is -2.15. The molecule has 3 rings (SSSR count). The van der Waals surface area contributed by atoms with Crippen LogP contribution in [0.15, 0.2) is 48.7 Å². The normalized spacial score (nSPS) is 10.5. The van der Waals surface area contributed by atoms with Crippen LogP contribution in [0.3, 0.4) is 0 Å². The molecule has 0 saturated carbocycles. The van der Waals surface area contributed by atoms with Crippen LogP contribution in [0.4, 0.5) is 11.4 Å². The molecule has 7 heteroatoms. The lowest BCUT2D eigenvalue weighted by molar-refractivity contribution is 0.0527. The van der Waals surface area contributed by atoms with Crippen LogP contribution in [0, 0.1) is 0 Å². The first-order valence-electron chi connectivity index (χ1n) is 7.62. The number of hydrogen-bond acceptors (Lipinski definition) is 5. The molecule has 5 nitrogen and oxygen atoms in total. The van der Waals surface area contributed by atoms with Crippen molar-refractivity contribution in [3.8, 4) is 0 Å². The molecule has 3 aromatic rings. The summed E-state index contributed by atoms with van der Waals surface area (Å²) < 4.78 is 5.12. The topological polar surface area (TPSA) is 63.2 Å². The fourth-order valence-corrected chi connectivity index (χ4v) is 2.71. The summed E-state index contributed by atoms with van der Waals surface area (Å²) in [4.78, 5) is 16.6. The van der Waals surface area contributed by atoms with Crippen molar-refractivity contribution < 1.29 is 9.53 Å². The van der Waals surface area contributed by atoms with Crippen molar-refractivity contribution in [1.82, 2.24) is 4.98 Å². The standard InChI is InChI=1S/C18H15Cl2N3O2/c1-2-25-18(24)13-10-21-15-8-7-11(19)9-12(15)17(13)23-22-16-6-4-3-5-14(16)20/h3-10,22H,2H2,1H3,(H,21,23). The number of aromatic nitrogens is 1. The van der Waals surface area contributed by atoms with Gasteiger partial charge in [-0.1, -0.05) is 35.3 Å². The van der Waals surface area contributed by atoms with Gasteiger partial charge in [0.15, 0.2) is 0 Å². The van der Waals surface area contributed by atoms with Gasteiger partial charge < -0.3 is 4.74 Å². The third-order valence-electron chi connectivity index (χ3n) is 3.52. The maximum absolute atomic E-state index is 12.3. The Morgan fingerprint density at radius 3 is 2.72 bits per heavy atom. The van der Waals surface area contributed by atoms with Crippen molar-refractivity contribution in [1.29, 1.82) is 0 Å². The molecular formula is C18H15Cl2N3O2. The molecule has 1 aromatic heterocycles. The quantitative estimate of drug-likeness (QED) is 0.476. The van der Waals surface area contributed by atoms with Gasteiger partial charge in [0.05, 0.1) is 28.5 Å². The molecule has 0 bridgehead atoms. The van der Waals surface area contributed by atoms with Crippen molar-refractivity contribution in [2.75, 3.05) is 17.5 Å². The minimum absolute atomic E-state index is 0.268. The summed E-state index contributed by atoms with van der Waals surface area (Å²) in [6, 6.07) is 12.5. The van der Waals surface area contributed by atoms with Crippen LogP contribution in [0.2, 0.25) is 10.0 Å². The molecule has 0 unspecified atom stereocenters. The van der Waals surface area contributed by atoms with Crippen LogP contribution in [-0.2, 0) is 4.74 Å². The number of ether oxygens (including phenoxy) is 1. The highest BCUT2D eigenvalue weighted by molar-refractivity contribution is 6.33. The molecule has 0 radical (unpaired) electrons. The van der Waals surface area contributed by atoms with E-state index in [2.05, 4.69) is 15.8 Å². The van der Waals surface area contributed by atoms with Crippen molar-refractivity contribution in [2.24, 2.45) is 0 Å². The van der Waals surface area contributed by atoms with E-state index in [0.717, 1.165) is 0 Å². The number of rotatable bonds is 5. The molecule has 1 heterocycles. The Hall–Kier alpha value is -2.50. The molecule has 0 spiro atoms. The monoisotopic (exact) mass is 375 g/mol. The Kier molecular flexibility index (Phi) is 5.26. The van der Waals surface area contributed by atoms with Crippen molar-refractivity contribution >= 4 is 51.4 Å². The highest BCUT2D eigenvalue weighted by Crippen LogP contribution is 2.30. The van der Waals surface area contributed by atoms with E-state index >= 15 is 0 Å². The number of nitrogens with one attached hydrogen (secondary N) is 2. The summed E-state index contributed by atoms with van der Waals surface area (Å²) in [6.45, 7) is 2.02. The van der Waals surface area contributed by atoms with E-state index in [1.807, 2.05) is 18.2 Å². The summed E-state index contributed by atoms with van der Waals surface area (Å²) in [5.74, 6) is -0.472. The summed E-state index contributed by atoms with van der Waals surface area (Å²) in [7, 11) is 0. The smallest absolute Gasteiger partial charge is 0.341 e. The van der Waals surface area contributed by atoms with Crippen LogP contribution in [0.1, 0.15) is 17.3 Å². The largest absolute Gasteiger partial charge is 0.462 e. The fraction of sp³-hybridized carbons (Fsp3) is 0.111. The predicted octanol–water partition coefficient (Wildman–Crippen LogP) is 5.16. The zero-order chi connectivity index (χ0) is 17.8. The second kappa shape index (κ2) is 7.59. The number of esters is 1. The number of benzene rings is 2. The molecule has 128 valence electrons. The Morgan fingerprint density at radius 1 is 1.16 bits per heavy atom. The average Bonchev–Trinajstić information content (AvgIpc) is 2.61. The molecule has 0 amide bonds. The number of pyridine rings is 1. The van der Waals surface area contributed by atoms with Gasteiger partial charge in [-0.3, -0.25) is 15.8 Å². The summed E-state index contributed by atoms with van der Waals surface area (Å²) >= 11 is 12.3.